The van der Waals surface area contributed by atoms with Gasteiger partial charge in [-0.15, -0.1) is 0 Å². The molecule has 0 aliphatic heterocycles. The molecule has 3 aromatic carbocycles. The van der Waals surface area contributed by atoms with Gasteiger partial charge in [0.1, 0.15) is 12.1 Å². The Balaban J connectivity index is 1.68. The number of ether oxygens (including phenoxy) is 1. The molecule has 5 aromatic rings. The predicted molar refractivity (Wildman–Crippen MR) is 118 cm³/mol. The molecule has 0 unspecified atom stereocenters. The maximum atomic E-state index is 5.26. The first-order valence-electron chi connectivity index (χ1n) is 9.58. The van der Waals surface area contributed by atoms with Crippen LogP contribution in [0.1, 0.15) is 0 Å². The largest absolute Gasteiger partial charge is 0.497 e. The van der Waals surface area contributed by atoms with E-state index in [2.05, 4.69) is 44.2 Å². The SMILES string of the molecule is COc1ccc(-n2ncc3c(N(c4ccccc4)c4ccccc4)ncnc32)cc1. The summed E-state index contributed by atoms with van der Waals surface area (Å²) < 4.78 is 7.07. The summed E-state index contributed by atoms with van der Waals surface area (Å²) in [5.41, 5.74) is 3.67. The van der Waals surface area contributed by atoms with Gasteiger partial charge in [0.2, 0.25) is 0 Å². The molecule has 0 spiro atoms. The van der Waals surface area contributed by atoms with Gasteiger partial charge in [0, 0.05) is 11.4 Å². The van der Waals surface area contributed by atoms with Gasteiger partial charge >= 0.3 is 0 Å². The maximum Gasteiger partial charge on any atom is 0.168 e. The Morgan fingerprint density at radius 2 is 1.40 bits per heavy atom. The van der Waals surface area contributed by atoms with Crippen molar-refractivity contribution in [2.45, 2.75) is 0 Å². The summed E-state index contributed by atoms with van der Waals surface area (Å²) in [4.78, 5) is 11.3. The number of methoxy groups -OCH3 is 1. The average molecular weight is 393 g/mol. The zero-order chi connectivity index (χ0) is 20.3. The number of hydrogen-bond acceptors (Lipinski definition) is 5. The number of hydrogen-bond donors (Lipinski definition) is 0. The van der Waals surface area contributed by atoms with Crippen LogP contribution in [0.3, 0.4) is 0 Å². The van der Waals surface area contributed by atoms with Crippen LogP contribution in [0.4, 0.5) is 17.2 Å². The molecule has 146 valence electrons. The van der Waals surface area contributed by atoms with Crippen LogP contribution in [-0.2, 0) is 0 Å². The third-order valence-electron chi connectivity index (χ3n) is 4.90. The summed E-state index contributed by atoms with van der Waals surface area (Å²) >= 11 is 0. The highest BCUT2D eigenvalue weighted by Crippen LogP contribution is 2.36. The summed E-state index contributed by atoms with van der Waals surface area (Å²) in [5.74, 6) is 1.57. The zero-order valence-corrected chi connectivity index (χ0v) is 16.4. The van der Waals surface area contributed by atoms with Crippen LogP contribution < -0.4 is 9.64 Å². The maximum absolute atomic E-state index is 5.26. The molecule has 2 heterocycles. The molecule has 0 saturated heterocycles. The van der Waals surface area contributed by atoms with Crippen molar-refractivity contribution in [2.75, 3.05) is 12.0 Å². The summed E-state index contributed by atoms with van der Waals surface area (Å²) in [5, 5.41) is 5.46. The summed E-state index contributed by atoms with van der Waals surface area (Å²) in [6.45, 7) is 0. The molecule has 0 aliphatic rings. The number of nitrogens with zero attached hydrogens (tertiary/aromatic N) is 5. The molecular weight excluding hydrogens is 374 g/mol. The highest BCUT2D eigenvalue weighted by Gasteiger charge is 2.19. The number of fused-ring (bicyclic) bond motifs is 1. The number of para-hydroxylation sites is 2. The minimum absolute atomic E-state index is 0.738. The fraction of sp³-hybridized carbons (Fsp3) is 0.0417. The summed E-state index contributed by atoms with van der Waals surface area (Å²) in [6.07, 6.45) is 3.39. The van der Waals surface area contributed by atoms with Crippen molar-refractivity contribution in [3.63, 3.8) is 0 Å². The van der Waals surface area contributed by atoms with Gasteiger partial charge in [-0.2, -0.15) is 5.10 Å². The highest BCUT2D eigenvalue weighted by molar-refractivity contribution is 5.93. The first kappa shape index (κ1) is 17.9. The van der Waals surface area contributed by atoms with Gasteiger partial charge in [-0.25, -0.2) is 14.6 Å². The number of benzene rings is 3. The van der Waals surface area contributed by atoms with Gasteiger partial charge in [-0.1, -0.05) is 36.4 Å². The number of rotatable bonds is 5. The third-order valence-corrected chi connectivity index (χ3v) is 4.90. The first-order chi connectivity index (χ1) is 14.8. The van der Waals surface area contributed by atoms with Crippen LogP contribution >= 0.6 is 0 Å². The Morgan fingerprint density at radius 3 is 2.00 bits per heavy atom. The van der Waals surface area contributed by atoms with Gasteiger partial charge in [-0.05, 0) is 48.5 Å². The van der Waals surface area contributed by atoms with E-state index in [9.17, 15) is 0 Å². The second-order valence-electron chi connectivity index (χ2n) is 6.70. The van der Waals surface area contributed by atoms with Crippen molar-refractivity contribution < 1.29 is 4.74 Å². The second kappa shape index (κ2) is 7.67. The Morgan fingerprint density at radius 1 is 0.767 bits per heavy atom. The molecule has 0 saturated carbocycles. The number of aromatic nitrogens is 4. The van der Waals surface area contributed by atoms with Crippen LogP contribution in [0, 0.1) is 0 Å². The Hall–Kier alpha value is -4.19. The molecule has 0 bridgehead atoms. The van der Waals surface area contributed by atoms with Gasteiger partial charge < -0.3 is 4.74 Å². The van der Waals surface area contributed by atoms with E-state index in [0.717, 1.165) is 39.7 Å². The minimum atomic E-state index is 0.738. The topological polar surface area (TPSA) is 56.1 Å². The second-order valence-corrected chi connectivity index (χ2v) is 6.70. The molecule has 0 fully saturated rings. The molecule has 30 heavy (non-hydrogen) atoms. The molecule has 6 heteroatoms. The van der Waals surface area contributed by atoms with Crippen molar-refractivity contribution in [3.05, 3.63) is 97.5 Å². The first-order valence-corrected chi connectivity index (χ1v) is 9.58. The van der Waals surface area contributed by atoms with Gasteiger partial charge in [0.15, 0.2) is 11.5 Å². The van der Waals surface area contributed by atoms with Crippen molar-refractivity contribution in [1.82, 2.24) is 19.7 Å². The highest BCUT2D eigenvalue weighted by atomic mass is 16.5. The zero-order valence-electron chi connectivity index (χ0n) is 16.4. The molecule has 2 aromatic heterocycles. The van der Waals surface area contributed by atoms with Crippen molar-refractivity contribution in [2.24, 2.45) is 0 Å². The quantitative estimate of drug-likeness (QED) is 0.406. The molecule has 0 N–H and O–H groups in total. The molecule has 6 nitrogen and oxygen atoms in total. The van der Waals surface area contributed by atoms with Gasteiger partial charge in [-0.3, -0.25) is 4.90 Å². The van der Waals surface area contributed by atoms with Crippen molar-refractivity contribution >= 4 is 28.2 Å². The van der Waals surface area contributed by atoms with Crippen molar-refractivity contribution in [3.8, 4) is 11.4 Å². The van der Waals surface area contributed by atoms with E-state index in [1.165, 1.54) is 0 Å². The van der Waals surface area contributed by atoms with E-state index in [1.807, 2.05) is 71.5 Å². The van der Waals surface area contributed by atoms with Crippen LogP contribution in [0.2, 0.25) is 0 Å². The lowest BCUT2D eigenvalue weighted by Gasteiger charge is -2.24. The molecular formula is C24H19N5O. The molecule has 0 radical (unpaired) electrons. The Bertz CT molecular complexity index is 1230. The van der Waals surface area contributed by atoms with Crippen LogP contribution in [0.15, 0.2) is 97.5 Å². The van der Waals surface area contributed by atoms with E-state index in [0.29, 0.717) is 0 Å². The van der Waals surface area contributed by atoms with Crippen LogP contribution in [0.25, 0.3) is 16.7 Å². The van der Waals surface area contributed by atoms with Crippen LogP contribution in [0.5, 0.6) is 5.75 Å². The summed E-state index contributed by atoms with van der Waals surface area (Å²) in [7, 11) is 1.65. The number of anilines is 3. The van der Waals surface area contributed by atoms with Crippen LogP contribution in [-0.4, -0.2) is 26.9 Å². The lowest BCUT2D eigenvalue weighted by Crippen LogP contribution is -2.12. The van der Waals surface area contributed by atoms with E-state index in [1.54, 1.807) is 13.4 Å². The monoisotopic (exact) mass is 393 g/mol. The Kier molecular flexibility index (Phi) is 4.57. The van der Waals surface area contributed by atoms with Gasteiger partial charge in [0.05, 0.1) is 24.4 Å². The minimum Gasteiger partial charge on any atom is -0.497 e. The smallest absolute Gasteiger partial charge is 0.168 e. The average Bonchev–Trinajstić information content (AvgIpc) is 3.26. The fourth-order valence-electron chi connectivity index (χ4n) is 3.47. The fourth-order valence-corrected chi connectivity index (χ4v) is 3.47. The lowest BCUT2D eigenvalue weighted by atomic mass is 10.2. The van der Waals surface area contributed by atoms with Gasteiger partial charge in [0.25, 0.3) is 0 Å². The van der Waals surface area contributed by atoms with E-state index in [-0.39, 0.29) is 0 Å². The Labute approximate surface area is 174 Å². The molecule has 0 amide bonds. The van der Waals surface area contributed by atoms with E-state index in [4.69, 9.17) is 4.74 Å². The van der Waals surface area contributed by atoms with E-state index < -0.39 is 0 Å². The normalized spacial score (nSPS) is 10.8. The predicted octanol–water partition coefficient (Wildman–Crippen LogP) is 5.29. The van der Waals surface area contributed by atoms with Crippen molar-refractivity contribution in [1.29, 1.82) is 0 Å². The standard InChI is InChI=1S/C24H19N5O/c1-30-21-14-12-20(13-15-21)29-24-22(16-27-29)23(25-17-26-24)28(18-8-4-2-5-9-18)19-10-6-3-7-11-19/h2-17H,1H3. The molecule has 0 atom stereocenters. The van der Waals surface area contributed by atoms with E-state index >= 15 is 0 Å². The molecule has 5 rings (SSSR count). The third kappa shape index (κ3) is 3.14. The summed E-state index contributed by atoms with van der Waals surface area (Å²) in [6, 6.07) is 28.1. The lowest BCUT2D eigenvalue weighted by molar-refractivity contribution is 0.414. The molecule has 0 aliphatic carbocycles.